The van der Waals surface area contributed by atoms with E-state index in [2.05, 4.69) is 11.8 Å². The van der Waals surface area contributed by atoms with E-state index in [1.54, 1.807) is 13.8 Å². The highest BCUT2D eigenvalue weighted by molar-refractivity contribution is 5.20. The van der Waals surface area contributed by atoms with E-state index >= 15 is 0 Å². The minimum Gasteiger partial charge on any atom is -0.378 e. The second kappa shape index (κ2) is 4.98. The average molecular weight is 213 g/mol. The van der Waals surface area contributed by atoms with Crippen LogP contribution in [0.15, 0.2) is 0 Å². The van der Waals surface area contributed by atoms with Gasteiger partial charge in [-0.3, -0.25) is 0 Å². The van der Waals surface area contributed by atoms with Crippen molar-refractivity contribution in [3.63, 3.8) is 0 Å². The van der Waals surface area contributed by atoms with Gasteiger partial charge in [-0.05, 0) is 33.9 Å². The van der Waals surface area contributed by atoms with Crippen LogP contribution in [-0.2, 0) is 0 Å². The zero-order chi connectivity index (χ0) is 12.3. The Hall–Kier alpha value is -0.560. The Labute approximate surface area is 93.1 Å². The fourth-order valence-corrected chi connectivity index (χ4v) is 1.06. The van der Waals surface area contributed by atoms with Gasteiger partial charge >= 0.3 is 0 Å². The second-order valence-corrected chi connectivity index (χ2v) is 5.06. The van der Waals surface area contributed by atoms with E-state index < -0.39 is 11.2 Å². The maximum atomic E-state index is 9.90. The third-order valence-corrected chi connectivity index (χ3v) is 2.33. The summed E-state index contributed by atoms with van der Waals surface area (Å²) in [5.41, 5.74) is -2.13. The van der Waals surface area contributed by atoms with E-state index in [1.165, 1.54) is 0 Å². The summed E-state index contributed by atoms with van der Waals surface area (Å²) in [5.74, 6) is 5.50. The highest BCUT2D eigenvalue weighted by Gasteiger charge is 2.24. The van der Waals surface area contributed by atoms with Gasteiger partial charge in [0.1, 0.15) is 11.2 Å². The molecule has 0 amide bonds. The Balaban J connectivity index is 4.64. The van der Waals surface area contributed by atoms with Gasteiger partial charge in [-0.2, -0.15) is 0 Å². The zero-order valence-corrected chi connectivity index (χ0v) is 10.6. The molecule has 0 aromatic rings. The lowest BCUT2D eigenvalue weighted by Gasteiger charge is -2.24. The molecular formula is C12H23NO2. The molecule has 0 saturated carbocycles. The third-order valence-electron chi connectivity index (χ3n) is 2.33. The molecule has 0 heterocycles. The van der Waals surface area contributed by atoms with Crippen molar-refractivity contribution < 1.29 is 10.2 Å². The van der Waals surface area contributed by atoms with E-state index in [1.807, 2.05) is 32.8 Å². The van der Waals surface area contributed by atoms with Crippen LogP contribution in [0.4, 0.5) is 0 Å². The Kier molecular flexibility index (Phi) is 4.79. The lowest BCUT2D eigenvalue weighted by atomic mass is 9.92. The number of rotatable bonds is 3. The van der Waals surface area contributed by atoms with Gasteiger partial charge in [0, 0.05) is 6.54 Å². The van der Waals surface area contributed by atoms with E-state index in [0.717, 1.165) is 0 Å². The van der Waals surface area contributed by atoms with Crippen molar-refractivity contribution in [1.29, 1.82) is 0 Å². The van der Waals surface area contributed by atoms with Crippen LogP contribution in [0.2, 0.25) is 0 Å². The number of hydrogen-bond donors (Lipinski definition) is 2. The summed E-state index contributed by atoms with van der Waals surface area (Å²) in [6.07, 6.45) is 0. The number of nitrogens with zero attached hydrogens (tertiary/aromatic N) is 1. The molecule has 0 aromatic carbocycles. The van der Waals surface area contributed by atoms with Gasteiger partial charge in [-0.25, -0.2) is 0 Å². The smallest absolute Gasteiger partial charge is 0.135 e. The molecule has 0 bridgehead atoms. The normalized spacial score (nSPS) is 19.3. The van der Waals surface area contributed by atoms with Crippen molar-refractivity contribution >= 4 is 0 Å². The molecule has 0 radical (unpaired) electrons. The molecule has 0 fully saturated rings. The van der Waals surface area contributed by atoms with Gasteiger partial charge in [0.05, 0.1) is 0 Å². The minimum absolute atomic E-state index is 0.0418. The third kappa shape index (κ3) is 5.78. The first kappa shape index (κ1) is 14.4. The van der Waals surface area contributed by atoms with Crippen LogP contribution < -0.4 is 0 Å². The zero-order valence-electron chi connectivity index (χ0n) is 10.6. The Morgan fingerprint density at radius 1 is 1.13 bits per heavy atom. The van der Waals surface area contributed by atoms with Crippen molar-refractivity contribution in [2.24, 2.45) is 5.92 Å². The molecule has 88 valence electrons. The molecule has 0 spiro atoms. The highest BCUT2D eigenvalue weighted by atomic mass is 16.3. The molecule has 2 unspecified atom stereocenters. The fraction of sp³-hybridized carbons (Fsp3) is 0.833. The molecule has 0 aromatic heterocycles. The topological polar surface area (TPSA) is 43.7 Å². The Morgan fingerprint density at radius 2 is 1.60 bits per heavy atom. The Morgan fingerprint density at radius 3 is 1.93 bits per heavy atom. The van der Waals surface area contributed by atoms with E-state index in [9.17, 15) is 10.2 Å². The molecule has 0 aliphatic heterocycles. The standard InChI is InChI=1S/C12H23NO2/c1-10(2)12(4,15)8-7-11(3,14)9-13(5)6/h10,14-15H,9H2,1-6H3. The molecule has 0 aliphatic carbocycles. The number of aliphatic hydroxyl groups is 2. The van der Waals surface area contributed by atoms with E-state index in [4.69, 9.17) is 0 Å². The van der Waals surface area contributed by atoms with E-state index in [-0.39, 0.29) is 5.92 Å². The summed E-state index contributed by atoms with van der Waals surface area (Å²) in [6, 6.07) is 0. The van der Waals surface area contributed by atoms with Crippen LogP contribution in [0.1, 0.15) is 27.7 Å². The van der Waals surface area contributed by atoms with Crippen molar-refractivity contribution in [2.75, 3.05) is 20.6 Å². The first-order valence-electron chi connectivity index (χ1n) is 5.20. The van der Waals surface area contributed by atoms with Gasteiger partial charge in [-0.1, -0.05) is 25.7 Å². The van der Waals surface area contributed by atoms with E-state index in [0.29, 0.717) is 6.54 Å². The van der Waals surface area contributed by atoms with Crippen molar-refractivity contribution in [3.8, 4) is 11.8 Å². The number of likely N-dealkylation sites (N-methyl/N-ethyl adjacent to an activating group) is 1. The first-order valence-corrected chi connectivity index (χ1v) is 5.20. The second-order valence-electron chi connectivity index (χ2n) is 5.06. The van der Waals surface area contributed by atoms with Crippen LogP contribution in [0.3, 0.4) is 0 Å². The van der Waals surface area contributed by atoms with Crippen molar-refractivity contribution in [1.82, 2.24) is 4.90 Å². The summed E-state index contributed by atoms with van der Waals surface area (Å²) in [4.78, 5) is 1.86. The fourth-order valence-electron chi connectivity index (χ4n) is 1.06. The summed E-state index contributed by atoms with van der Waals surface area (Å²) in [6.45, 7) is 7.56. The summed E-state index contributed by atoms with van der Waals surface area (Å²) >= 11 is 0. The SMILES string of the molecule is CC(C)C(C)(O)C#CC(C)(O)CN(C)C. The molecule has 3 nitrogen and oxygen atoms in total. The van der Waals surface area contributed by atoms with Crippen LogP contribution in [0.25, 0.3) is 0 Å². The van der Waals surface area contributed by atoms with Crippen LogP contribution in [-0.4, -0.2) is 47.0 Å². The van der Waals surface area contributed by atoms with Gasteiger partial charge in [-0.15, -0.1) is 0 Å². The molecular weight excluding hydrogens is 190 g/mol. The summed E-state index contributed by atoms with van der Waals surface area (Å²) in [7, 11) is 3.74. The van der Waals surface area contributed by atoms with Crippen LogP contribution in [0, 0.1) is 17.8 Å². The highest BCUT2D eigenvalue weighted by Crippen LogP contribution is 2.15. The largest absolute Gasteiger partial charge is 0.378 e. The maximum absolute atomic E-state index is 9.90. The van der Waals surface area contributed by atoms with Crippen LogP contribution in [0.5, 0.6) is 0 Å². The van der Waals surface area contributed by atoms with Gasteiger partial charge in [0.15, 0.2) is 0 Å². The van der Waals surface area contributed by atoms with Crippen molar-refractivity contribution in [3.05, 3.63) is 0 Å². The monoisotopic (exact) mass is 213 g/mol. The molecule has 3 heteroatoms. The molecule has 15 heavy (non-hydrogen) atoms. The van der Waals surface area contributed by atoms with Gasteiger partial charge in [0.25, 0.3) is 0 Å². The average Bonchev–Trinajstić information content (AvgIpc) is 1.98. The Bertz CT molecular complexity index is 257. The van der Waals surface area contributed by atoms with Gasteiger partial charge < -0.3 is 15.1 Å². The minimum atomic E-state index is -1.08. The molecule has 2 atom stereocenters. The molecule has 0 aliphatic rings. The summed E-state index contributed by atoms with van der Waals surface area (Å²) in [5, 5.41) is 19.8. The molecule has 0 saturated heterocycles. The maximum Gasteiger partial charge on any atom is 0.135 e. The summed E-state index contributed by atoms with van der Waals surface area (Å²) < 4.78 is 0. The first-order chi connectivity index (χ1) is 6.57. The number of hydrogen-bond acceptors (Lipinski definition) is 3. The lowest BCUT2D eigenvalue weighted by molar-refractivity contribution is 0.0670. The lowest BCUT2D eigenvalue weighted by Crippen LogP contribution is -2.37. The van der Waals surface area contributed by atoms with Crippen molar-refractivity contribution in [2.45, 2.75) is 38.9 Å². The van der Waals surface area contributed by atoms with Crippen LogP contribution >= 0.6 is 0 Å². The quantitative estimate of drug-likeness (QED) is 0.679. The molecule has 0 rings (SSSR count). The molecule has 2 N–H and O–H groups in total. The predicted molar refractivity (Wildman–Crippen MR) is 62.4 cm³/mol. The predicted octanol–water partition coefficient (Wildman–Crippen LogP) is 0.709. The van der Waals surface area contributed by atoms with Gasteiger partial charge in [0.2, 0.25) is 0 Å².